The molecule has 0 radical (unpaired) electrons. The number of anilines is 2. The largest absolute Gasteiger partial charge is 0.445 e. The van der Waals surface area contributed by atoms with Crippen molar-refractivity contribution in [2.45, 2.75) is 18.9 Å². The zero-order chi connectivity index (χ0) is 17.3. The quantitative estimate of drug-likeness (QED) is 0.882. The first kappa shape index (κ1) is 16.1. The summed E-state index contributed by atoms with van der Waals surface area (Å²) >= 11 is 0. The highest BCUT2D eigenvalue weighted by Crippen LogP contribution is 2.29. The molecule has 1 heterocycles. The number of amides is 1. The maximum Gasteiger partial charge on any atom is 0.339 e. The first-order valence-corrected chi connectivity index (χ1v) is 7.79. The second kappa shape index (κ2) is 6.00. The van der Waals surface area contributed by atoms with Gasteiger partial charge in [-0.3, -0.25) is 4.79 Å². The summed E-state index contributed by atoms with van der Waals surface area (Å²) in [6.45, 7) is 1.64. The Labute approximate surface area is 141 Å². The van der Waals surface area contributed by atoms with Gasteiger partial charge in [0.1, 0.15) is 0 Å². The number of benzene rings is 2. The molecule has 2 aromatic carbocycles. The Morgan fingerprint density at radius 2 is 1.79 bits per heavy atom. The van der Waals surface area contributed by atoms with Crippen LogP contribution in [-0.2, 0) is 16.0 Å². The topological polar surface area (TPSA) is 58.6 Å². The van der Waals surface area contributed by atoms with E-state index in [9.17, 15) is 9.59 Å². The third kappa shape index (κ3) is 2.97. The molecule has 0 fully saturated rings. The van der Waals surface area contributed by atoms with Crippen LogP contribution in [0.2, 0.25) is 0 Å². The molecule has 0 aliphatic carbocycles. The Morgan fingerprint density at radius 3 is 2.46 bits per heavy atom. The number of esters is 1. The standard InChI is InChI=1S/C19H20N2O3/c1-19(12-13-6-4-5-7-16(13)17(22)24-19)18(23)20-14-8-10-15(11-9-14)21(2)3/h4-11H,12H2,1-3H3,(H,20,23)/t19-/m0/s1. The number of hydrogen-bond donors (Lipinski definition) is 1. The van der Waals surface area contributed by atoms with Crippen molar-refractivity contribution in [2.24, 2.45) is 0 Å². The van der Waals surface area contributed by atoms with Crippen LogP contribution in [0.1, 0.15) is 22.8 Å². The molecular formula is C19H20N2O3. The van der Waals surface area contributed by atoms with Crippen LogP contribution in [0, 0.1) is 0 Å². The molecule has 1 aliphatic rings. The lowest BCUT2D eigenvalue weighted by Crippen LogP contribution is -2.48. The number of fused-ring (bicyclic) bond motifs is 1. The van der Waals surface area contributed by atoms with Gasteiger partial charge >= 0.3 is 5.97 Å². The molecule has 1 N–H and O–H groups in total. The summed E-state index contributed by atoms with van der Waals surface area (Å²) < 4.78 is 5.44. The van der Waals surface area contributed by atoms with Gasteiger partial charge in [0, 0.05) is 31.9 Å². The second-order valence-corrected chi connectivity index (χ2v) is 6.35. The Bertz CT molecular complexity index is 783. The highest BCUT2D eigenvalue weighted by atomic mass is 16.6. The van der Waals surface area contributed by atoms with Crippen LogP contribution in [0.25, 0.3) is 0 Å². The summed E-state index contributed by atoms with van der Waals surface area (Å²) in [4.78, 5) is 26.8. The first-order chi connectivity index (χ1) is 11.4. The minimum absolute atomic E-state index is 0.331. The van der Waals surface area contributed by atoms with Crippen molar-refractivity contribution in [1.29, 1.82) is 0 Å². The van der Waals surface area contributed by atoms with Crippen molar-refractivity contribution < 1.29 is 14.3 Å². The summed E-state index contributed by atoms with van der Waals surface area (Å²) in [6.07, 6.45) is 0.358. The van der Waals surface area contributed by atoms with E-state index >= 15 is 0 Å². The number of carbonyl (C=O) groups is 2. The van der Waals surface area contributed by atoms with Crippen LogP contribution in [0.5, 0.6) is 0 Å². The van der Waals surface area contributed by atoms with Crippen LogP contribution >= 0.6 is 0 Å². The monoisotopic (exact) mass is 324 g/mol. The molecule has 124 valence electrons. The van der Waals surface area contributed by atoms with Gasteiger partial charge in [0.15, 0.2) is 5.60 Å². The highest BCUT2D eigenvalue weighted by molar-refractivity contribution is 6.02. The molecule has 0 unspecified atom stereocenters. The highest BCUT2D eigenvalue weighted by Gasteiger charge is 2.42. The first-order valence-electron chi connectivity index (χ1n) is 7.79. The molecule has 1 aliphatic heterocycles. The third-order valence-corrected chi connectivity index (χ3v) is 4.20. The molecule has 1 atom stereocenters. The third-order valence-electron chi connectivity index (χ3n) is 4.20. The number of rotatable bonds is 3. The summed E-state index contributed by atoms with van der Waals surface area (Å²) in [7, 11) is 3.90. The SMILES string of the molecule is CN(C)c1ccc(NC(=O)[C@]2(C)Cc3ccccc3C(=O)O2)cc1. The van der Waals surface area contributed by atoms with E-state index in [0.29, 0.717) is 17.7 Å². The van der Waals surface area contributed by atoms with Gasteiger partial charge < -0.3 is 15.0 Å². The van der Waals surface area contributed by atoms with E-state index in [1.54, 1.807) is 19.1 Å². The molecule has 24 heavy (non-hydrogen) atoms. The number of cyclic esters (lactones) is 1. The smallest absolute Gasteiger partial charge is 0.339 e. The van der Waals surface area contributed by atoms with Crippen molar-refractivity contribution in [3.8, 4) is 0 Å². The predicted octanol–water partition coefficient (Wildman–Crippen LogP) is 2.86. The van der Waals surface area contributed by atoms with Gasteiger partial charge in [-0.1, -0.05) is 18.2 Å². The molecule has 5 heteroatoms. The van der Waals surface area contributed by atoms with E-state index in [4.69, 9.17) is 4.74 Å². The second-order valence-electron chi connectivity index (χ2n) is 6.35. The summed E-state index contributed by atoms with van der Waals surface area (Å²) in [5.74, 6) is -0.791. The molecule has 1 amide bonds. The number of nitrogens with zero attached hydrogens (tertiary/aromatic N) is 1. The molecule has 0 bridgehead atoms. The molecule has 0 saturated heterocycles. The fraction of sp³-hybridized carbons (Fsp3) is 0.263. The van der Waals surface area contributed by atoms with Gasteiger partial charge in [-0.15, -0.1) is 0 Å². The van der Waals surface area contributed by atoms with Gasteiger partial charge in [0.05, 0.1) is 5.56 Å². The normalized spacial score (nSPS) is 19.2. The minimum atomic E-state index is -1.22. The molecule has 5 nitrogen and oxygen atoms in total. The Morgan fingerprint density at radius 1 is 1.12 bits per heavy atom. The molecule has 0 saturated carbocycles. The van der Waals surface area contributed by atoms with E-state index < -0.39 is 11.6 Å². The van der Waals surface area contributed by atoms with Crippen molar-refractivity contribution in [3.63, 3.8) is 0 Å². The minimum Gasteiger partial charge on any atom is -0.445 e. The van der Waals surface area contributed by atoms with Crippen molar-refractivity contribution >= 4 is 23.3 Å². The van der Waals surface area contributed by atoms with Crippen LogP contribution in [0.3, 0.4) is 0 Å². The average Bonchev–Trinajstić information content (AvgIpc) is 2.55. The molecule has 0 spiro atoms. The fourth-order valence-corrected chi connectivity index (χ4v) is 2.77. The number of carbonyl (C=O) groups excluding carboxylic acids is 2. The molecule has 3 rings (SSSR count). The fourth-order valence-electron chi connectivity index (χ4n) is 2.77. The zero-order valence-corrected chi connectivity index (χ0v) is 14.0. The maximum absolute atomic E-state index is 12.7. The van der Waals surface area contributed by atoms with Gasteiger partial charge in [0.2, 0.25) is 0 Å². The predicted molar refractivity (Wildman–Crippen MR) is 93.4 cm³/mol. The van der Waals surface area contributed by atoms with Crippen LogP contribution in [0.4, 0.5) is 11.4 Å². The van der Waals surface area contributed by atoms with Crippen molar-refractivity contribution in [2.75, 3.05) is 24.3 Å². The summed E-state index contributed by atoms with van der Waals surface area (Å²) in [6, 6.07) is 14.7. The van der Waals surface area contributed by atoms with Crippen LogP contribution in [0.15, 0.2) is 48.5 Å². The van der Waals surface area contributed by atoms with Gasteiger partial charge in [0.25, 0.3) is 5.91 Å². The Kier molecular flexibility index (Phi) is 4.01. The Balaban J connectivity index is 1.78. The van der Waals surface area contributed by atoms with Crippen molar-refractivity contribution in [1.82, 2.24) is 0 Å². The zero-order valence-electron chi connectivity index (χ0n) is 14.0. The number of nitrogens with one attached hydrogen (secondary N) is 1. The maximum atomic E-state index is 12.7. The average molecular weight is 324 g/mol. The summed E-state index contributed by atoms with van der Waals surface area (Å²) in [5, 5.41) is 2.83. The van der Waals surface area contributed by atoms with E-state index in [1.165, 1.54) is 0 Å². The van der Waals surface area contributed by atoms with Gasteiger partial charge in [-0.2, -0.15) is 0 Å². The van der Waals surface area contributed by atoms with Crippen LogP contribution < -0.4 is 10.2 Å². The summed E-state index contributed by atoms with van der Waals surface area (Å²) in [5.41, 5.74) is 1.84. The Hall–Kier alpha value is -2.82. The molecular weight excluding hydrogens is 304 g/mol. The number of hydrogen-bond acceptors (Lipinski definition) is 4. The van der Waals surface area contributed by atoms with E-state index in [1.807, 2.05) is 55.4 Å². The lowest BCUT2D eigenvalue weighted by Gasteiger charge is -2.33. The van der Waals surface area contributed by atoms with Gasteiger partial charge in [-0.25, -0.2) is 4.79 Å². The lowest BCUT2D eigenvalue weighted by molar-refractivity contribution is -0.134. The lowest BCUT2D eigenvalue weighted by atomic mass is 9.89. The van der Waals surface area contributed by atoms with E-state index in [-0.39, 0.29) is 5.91 Å². The van der Waals surface area contributed by atoms with Gasteiger partial charge in [-0.05, 0) is 42.8 Å². The number of ether oxygens (including phenoxy) is 1. The molecule has 2 aromatic rings. The van der Waals surface area contributed by atoms with E-state index in [0.717, 1.165) is 11.3 Å². The molecule has 0 aromatic heterocycles. The van der Waals surface area contributed by atoms with E-state index in [2.05, 4.69) is 5.32 Å². The van der Waals surface area contributed by atoms with Crippen molar-refractivity contribution in [3.05, 3.63) is 59.7 Å². The van der Waals surface area contributed by atoms with Crippen LogP contribution in [-0.4, -0.2) is 31.6 Å².